The number of hydrogen-bond acceptors (Lipinski definition) is 3. The van der Waals surface area contributed by atoms with Crippen LogP contribution in [-0.4, -0.2) is 31.0 Å². The van der Waals surface area contributed by atoms with Crippen LogP contribution in [0.2, 0.25) is 0 Å². The zero-order chi connectivity index (χ0) is 11.1. The van der Waals surface area contributed by atoms with Crippen LogP contribution in [-0.2, 0) is 0 Å². The van der Waals surface area contributed by atoms with Gasteiger partial charge in [-0.1, -0.05) is 6.07 Å². The van der Waals surface area contributed by atoms with Crippen LogP contribution in [0.4, 0.5) is 0 Å². The Labute approximate surface area is 87.9 Å². The summed E-state index contributed by atoms with van der Waals surface area (Å²) in [6.07, 6.45) is 0.860. The highest BCUT2D eigenvalue weighted by atomic mass is 16.2. The van der Waals surface area contributed by atoms with Gasteiger partial charge in [-0.2, -0.15) is 0 Å². The SMILES string of the molecule is CNCCCNC(=O)c1cccc(=O)[nH]1. The first-order chi connectivity index (χ1) is 7.24. The van der Waals surface area contributed by atoms with Crippen LogP contribution >= 0.6 is 0 Å². The first kappa shape index (κ1) is 11.5. The summed E-state index contributed by atoms with van der Waals surface area (Å²) in [6, 6.07) is 4.51. The quantitative estimate of drug-likeness (QED) is 0.584. The second kappa shape index (κ2) is 5.98. The highest BCUT2D eigenvalue weighted by Gasteiger charge is 2.03. The second-order valence-electron chi connectivity index (χ2n) is 3.14. The molecule has 82 valence electrons. The molecule has 0 unspecified atom stereocenters. The molecule has 0 bridgehead atoms. The molecule has 0 fully saturated rings. The third-order valence-corrected chi connectivity index (χ3v) is 1.90. The Bertz CT molecular complexity index is 373. The molecule has 0 aliphatic rings. The van der Waals surface area contributed by atoms with Crippen molar-refractivity contribution in [1.29, 1.82) is 0 Å². The van der Waals surface area contributed by atoms with Crippen LogP contribution in [0, 0.1) is 0 Å². The molecule has 0 aliphatic carbocycles. The Kier molecular flexibility index (Phi) is 4.56. The van der Waals surface area contributed by atoms with Gasteiger partial charge in [0.2, 0.25) is 5.56 Å². The van der Waals surface area contributed by atoms with Crippen LogP contribution in [0.15, 0.2) is 23.0 Å². The summed E-state index contributed by atoms with van der Waals surface area (Å²) in [5.41, 5.74) is 0.0323. The van der Waals surface area contributed by atoms with Crippen molar-refractivity contribution in [1.82, 2.24) is 15.6 Å². The van der Waals surface area contributed by atoms with Gasteiger partial charge >= 0.3 is 0 Å². The number of hydrogen-bond donors (Lipinski definition) is 3. The van der Waals surface area contributed by atoms with Crippen molar-refractivity contribution in [3.63, 3.8) is 0 Å². The van der Waals surface area contributed by atoms with Gasteiger partial charge in [0.15, 0.2) is 0 Å². The van der Waals surface area contributed by atoms with E-state index in [1.165, 1.54) is 6.07 Å². The molecule has 0 aliphatic heterocycles. The Morgan fingerprint density at radius 3 is 2.87 bits per heavy atom. The second-order valence-corrected chi connectivity index (χ2v) is 3.14. The van der Waals surface area contributed by atoms with E-state index in [2.05, 4.69) is 15.6 Å². The minimum Gasteiger partial charge on any atom is -0.351 e. The van der Waals surface area contributed by atoms with Gasteiger partial charge < -0.3 is 15.6 Å². The fraction of sp³-hybridized carbons (Fsp3) is 0.400. The van der Waals surface area contributed by atoms with Crippen LogP contribution < -0.4 is 16.2 Å². The van der Waals surface area contributed by atoms with E-state index < -0.39 is 0 Å². The first-order valence-electron chi connectivity index (χ1n) is 4.86. The molecule has 3 N–H and O–H groups in total. The molecular formula is C10H15N3O2. The lowest BCUT2D eigenvalue weighted by atomic mass is 10.3. The van der Waals surface area contributed by atoms with E-state index >= 15 is 0 Å². The number of aromatic amines is 1. The number of carbonyl (C=O) groups is 1. The number of amides is 1. The fourth-order valence-electron chi connectivity index (χ4n) is 1.14. The molecule has 0 atom stereocenters. The maximum Gasteiger partial charge on any atom is 0.267 e. The molecule has 15 heavy (non-hydrogen) atoms. The molecule has 5 heteroatoms. The summed E-state index contributed by atoms with van der Waals surface area (Å²) in [4.78, 5) is 24.8. The number of carbonyl (C=O) groups excluding carboxylic acids is 1. The van der Waals surface area contributed by atoms with Gasteiger partial charge in [-0.05, 0) is 26.1 Å². The molecule has 0 aromatic carbocycles. The molecular weight excluding hydrogens is 194 g/mol. The minimum atomic E-state index is -0.266. The summed E-state index contributed by atoms with van der Waals surface area (Å²) in [5, 5.41) is 5.69. The average Bonchev–Trinajstić information content (AvgIpc) is 2.24. The predicted octanol–water partition coefficient (Wildman–Crippen LogP) is -0.286. The van der Waals surface area contributed by atoms with E-state index in [1.54, 1.807) is 12.1 Å². The molecule has 1 aromatic rings. The summed E-state index contributed by atoms with van der Waals surface area (Å²) in [7, 11) is 1.86. The van der Waals surface area contributed by atoms with Gasteiger partial charge in [0.25, 0.3) is 5.91 Å². The monoisotopic (exact) mass is 209 g/mol. The zero-order valence-corrected chi connectivity index (χ0v) is 8.67. The largest absolute Gasteiger partial charge is 0.351 e. The van der Waals surface area contributed by atoms with Crippen molar-refractivity contribution in [3.05, 3.63) is 34.2 Å². The molecule has 1 amide bonds. The molecule has 0 saturated heterocycles. The number of pyridine rings is 1. The summed E-state index contributed by atoms with van der Waals surface area (Å²) < 4.78 is 0. The highest BCUT2D eigenvalue weighted by molar-refractivity contribution is 5.92. The van der Waals surface area contributed by atoms with Crippen molar-refractivity contribution in [2.24, 2.45) is 0 Å². The maximum atomic E-state index is 11.5. The Hall–Kier alpha value is -1.62. The topological polar surface area (TPSA) is 74.0 Å². The number of H-pyrrole nitrogens is 1. The Balaban J connectivity index is 2.44. The van der Waals surface area contributed by atoms with E-state index in [4.69, 9.17) is 0 Å². The lowest BCUT2D eigenvalue weighted by molar-refractivity contribution is 0.0948. The third-order valence-electron chi connectivity index (χ3n) is 1.90. The number of aromatic nitrogens is 1. The number of nitrogens with one attached hydrogen (secondary N) is 3. The zero-order valence-electron chi connectivity index (χ0n) is 8.67. The molecule has 1 aromatic heterocycles. The van der Waals surface area contributed by atoms with E-state index in [0.29, 0.717) is 12.2 Å². The van der Waals surface area contributed by atoms with E-state index in [1.807, 2.05) is 7.05 Å². The van der Waals surface area contributed by atoms with Gasteiger partial charge in [0.1, 0.15) is 5.69 Å². The smallest absolute Gasteiger partial charge is 0.267 e. The lowest BCUT2D eigenvalue weighted by Gasteiger charge is -2.04. The summed E-state index contributed by atoms with van der Waals surface area (Å²) in [5.74, 6) is -0.246. The maximum absolute atomic E-state index is 11.5. The van der Waals surface area contributed by atoms with Crippen molar-refractivity contribution in [3.8, 4) is 0 Å². The highest BCUT2D eigenvalue weighted by Crippen LogP contribution is 1.89. The molecule has 0 spiro atoms. The van der Waals surface area contributed by atoms with Crippen LogP contribution in [0.1, 0.15) is 16.9 Å². The van der Waals surface area contributed by atoms with E-state index in [9.17, 15) is 9.59 Å². The van der Waals surface area contributed by atoms with E-state index in [0.717, 1.165) is 13.0 Å². The van der Waals surface area contributed by atoms with Crippen molar-refractivity contribution < 1.29 is 4.79 Å². The van der Waals surface area contributed by atoms with Gasteiger partial charge in [-0.25, -0.2) is 0 Å². The lowest BCUT2D eigenvalue weighted by Crippen LogP contribution is -2.28. The predicted molar refractivity (Wildman–Crippen MR) is 57.9 cm³/mol. The molecule has 1 heterocycles. The average molecular weight is 209 g/mol. The van der Waals surface area contributed by atoms with E-state index in [-0.39, 0.29) is 11.5 Å². The Morgan fingerprint density at radius 2 is 2.20 bits per heavy atom. The molecule has 1 rings (SSSR count). The van der Waals surface area contributed by atoms with Gasteiger partial charge in [0.05, 0.1) is 0 Å². The standard InChI is InChI=1S/C10H15N3O2/c1-11-6-3-7-12-10(15)8-4-2-5-9(14)13-8/h2,4-5,11H,3,6-7H2,1H3,(H,12,15)(H,13,14). The summed E-state index contributed by atoms with van der Waals surface area (Å²) in [6.45, 7) is 1.45. The van der Waals surface area contributed by atoms with Crippen molar-refractivity contribution in [2.75, 3.05) is 20.1 Å². The van der Waals surface area contributed by atoms with Crippen molar-refractivity contribution in [2.45, 2.75) is 6.42 Å². The van der Waals surface area contributed by atoms with Gasteiger partial charge in [0, 0.05) is 12.6 Å². The van der Waals surface area contributed by atoms with Gasteiger partial charge in [-0.15, -0.1) is 0 Å². The van der Waals surface area contributed by atoms with Crippen molar-refractivity contribution >= 4 is 5.91 Å². The Morgan fingerprint density at radius 1 is 1.40 bits per heavy atom. The fourth-order valence-corrected chi connectivity index (χ4v) is 1.14. The first-order valence-corrected chi connectivity index (χ1v) is 4.86. The molecule has 0 radical (unpaired) electrons. The van der Waals surface area contributed by atoms with Gasteiger partial charge in [-0.3, -0.25) is 9.59 Å². The summed E-state index contributed by atoms with van der Waals surface area (Å²) >= 11 is 0. The third kappa shape index (κ3) is 3.95. The van der Waals surface area contributed by atoms with Crippen LogP contribution in [0.3, 0.4) is 0 Å². The molecule has 5 nitrogen and oxygen atoms in total. The normalized spacial score (nSPS) is 9.93. The minimum absolute atomic E-state index is 0.246. The van der Waals surface area contributed by atoms with Crippen LogP contribution in [0.5, 0.6) is 0 Å². The molecule has 0 saturated carbocycles. The number of rotatable bonds is 5. The van der Waals surface area contributed by atoms with Crippen LogP contribution in [0.25, 0.3) is 0 Å².